The van der Waals surface area contributed by atoms with Crippen LogP contribution in [0.3, 0.4) is 0 Å². The Kier molecular flexibility index (Phi) is 5.65. The fourth-order valence-electron chi connectivity index (χ4n) is 2.77. The molecule has 1 aromatic carbocycles. The first kappa shape index (κ1) is 17.4. The van der Waals surface area contributed by atoms with Crippen molar-refractivity contribution in [1.29, 1.82) is 0 Å². The third-order valence-corrected chi connectivity index (χ3v) is 4.97. The van der Waals surface area contributed by atoms with Crippen molar-refractivity contribution in [2.24, 2.45) is 0 Å². The van der Waals surface area contributed by atoms with Crippen LogP contribution in [0.1, 0.15) is 35.3 Å². The van der Waals surface area contributed by atoms with Gasteiger partial charge in [0.15, 0.2) is 5.13 Å². The molecule has 1 saturated heterocycles. The molecule has 0 radical (unpaired) electrons. The maximum Gasteiger partial charge on any atom is 0.257 e. The number of amides is 2. The van der Waals surface area contributed by atoms with Gasteiger partial charge in [0.2, 0.25) is 5.91 Å². The van der Waals surface area contributed by atoms with Crippen molar-refractivity contribution >= 4 is 28.3 Å². The molecule has 0 aliphatic carbocycles. The molecule has 1 N–H and O–H groups in total. The van der Waals surface area contributed by atoms with Crippen LogP contribution in [0.5, 0.6) is 5.75 Å². The van der Waals surface area contributed by atoms with Crippen molar-refractivity contribution in [2.45, 2.75) is 25.7 Å². The Morgan fingerprint density at radius 1 is 1.20 bits per heavy atom. The van der Waals surface area contributed by atoms with Crippen LogP contribution in [0, 0.1) is 0 Å². The monoisotopic (exact) mass is 359 g/mol. The number of benzene rings is 1. The van der Waals surface area contributed by atoms with Crippen LogP contribution in [0.25, 0.3) is 0 Å². The van der Waals surface area contributed by atoms with Crippen molar-refractivity contribution in [3.63, 3.8) is 0 Å². The Hall–Kier alpha value is -2.41. The number of nitrogens with one attached hydrogen (secondary N) is 1. The zero-order valence-electron chi connectivity index (χ0n) is 14.2. The first-order valence-electron chi connectivity index (χ1n) is 8.33. The Labute approximate surface area is 150 Å². The van der Waals surface area contributed by atoms with Crippen molar-refractivity contribution in [3.8, 4) is 5.75 Å². The van der Waals surface area contributed by atoms with Crippen molar-refractivity contribution in [2.75, 3.05) is 25.5 Å². The number of ether oxygens (including phenoxy) is 1. The van der Waals surface area contributed by atoms with Crippen molar-refractivity contribution < 1.29 is 14.3 Å². The summed E-state index contributed by atoms with van der Waals surface area (Å²) >= 11 is 1.33. The molecule has 0 spiro atoms. The number of carbonyl (C=O) groups is 2. The van der Waals surface area contributed by atoms with E-state index in [0.29, 0.717) is 22.1 Å². The van der Waals surface area contributed by atoms with E-state index in [1.807, 2.05) is 10.3 Å². The number of anilines is 1. The second-order valence-corrected chi connectivity index (χ2v) is 6.80. The molecule has 25 heavy (non-hydrogen) atoms. The van der Waals surface area contributed by atoms with E-state index in [2.05, 4.69) is 10.3 Å². The predicted octanol–water partition coefficient (Wildman–Crippen LogP) is 2.96. The van der Waals surface area contributed by atoms with Crippen LogP contribution < -0.4 is 10.1 Å². The highest BCUT2D eigenvalue weighted by Crippen LogP contribution is 2.19. The van der Waals surface area contributed by atoms with Crippen LogP contribution in [0.15, 0.2) is 29.6 Å². The standard InChI is InChI=1S/C18H21N3O3S/c1-24-15-7-5-13(6-8-15)17(23)20-18-19-14(12-25-18)11-16(22)21-9-3-2-4-10-21/h5-8,12H,2-4,9-11H2,1H3,(H,19,20,23). The molecular formula is C18H21N3O3S. The Bertz CT molecular complexity index is 736. The summed E-state index contributed by atoms with van der Waals surface area (Å²) in [5, 5.41) is 5.10. The topological polar surface area (TPSA) is 71.5 Å². The Balaban J connectivity index is 1.57. The van der Waals surface area contributed by atoms with E-state index in [4.69, 9.17) is 4.74 Å². The van der Waals surface area contributed by atoms with E-state index < -0.39 is 0 Å². The van der Waals surface area contributed by atoms with Gasteiger partial charge >= 0.3 is 0 Å². The van der Waals surface area contributed by atoms with Gasteiger partial charge in [0.05, 0.1) is 19.2 Å². The lowest BCUT2D eigenvalue weighted by Gasteiger charge is -2.26. The van der Waals surface area contributed by atoms with Crippen molar-refractivity contribution in [1.82, 2.24) is 9.88 Å². The normalized spacial score (nSPS) is 14.2. The number of methoxy groups -OCH3 is 1. The molecule has 1 aromatic heterocycles. The minimum absolute atomic E-state index is 0.109. The molecule has 1 aliphatic heterocycles. The lowest BCUT2D eigenvalue weighted by molar-refractivity contribution is -0.131. The van der Waals surface area contributed by atoms with Crippen LogP contribution >= 0.6 is 11.3 Å². The molecule has 0 atom stereocenters. The average molecular weight is 359 g/mol. The number of aromatic nitrogens is 1. The zero-order valence-corrected chi connectivity index (χ0v) is 15.0. The third-order valence-electron chi connectivity index (χ3n) is 4.17. The zero-order chi connectivity index (χ0) is 17.6. The molecule has 2 amide bonds. The summed E-state index contributed by atoms with van der Waals surface area (Å²) in [5.41, 5.74) is 1.23. The number of likely N-dealkylation sites (tertiary alicyclic amines) is 1. The predicted molar refractivity (Wildman–Crippen MR) is 97.2 cm³/mol. The van der Waals surface area contributed by atoms with Gasteiger partial charge in [0.25, 0.3) is 5.91 Å². The molecule has 132 valence electrons. The van der Waals surface area contributed by atoms with Crippen molar-refractivity contribution in [3.05, 3.63) is 40.9 Å². The number of rotatable bonds is 5. The summed E-state index contributed by atoms with van der Waals surface area (Å²) in [5.74, 6) is 0.577. The number of thiazole rings is 1. The molecule has 2 heterocycles. The summed E-state index contributed by atoms with van der Waals surface area (Å²) in [6.45, 7) is 1.67. The first-order valence-corrected chi connectivity index (χ1v) is 9.21. The summed E-state index contributed by atoms with van der Waals surface area (Å²) < 4.78 is 5.08. The molecule has 3 rings (SSSR count). The fraction of sp³-hybridized carbons (Fsp3) is 0.389. The second-order valence-electron chi connectivity index (χ2n) is 5.94. The third kappa shape index (κ3) is 4.57. The number of hydrogen-bond acceptors (Lipinski definition) is 5. The Morgan fingerprint density at radius 2 is 1.92 bits per heavy atom. The van der Waals surface area contributed by atoms with Gasteiger partial charge in [-0.25, -0.2) is 4.98 Å². The van der Waals surface area contributed by atoms with Crippen LogP contribution in [-0.4, -0.2) is 41.9 Å². The van der Waals surface area contributed by atoms with E-state index >= 15 is 0 Å². The summed E-state index contributed by atoms with van der Waals surface area (Å²) in [6.07, 6.45) is 3.63. The molecule has 2 aromatic rings. The van der Waals surface area contributed by atoms with Gasteiger partial charge in [-0.2, -0.15) is 0 Å². The van der Waals surface area contributed by atoms with Gasteiger partial charge < -0.3 is 9.64 Å². The van der Waals surface area contributed by atoms with Gasteiger partial charge in [-0.1, -0.05) is 0 Å². The maximum absolute atomic E-state index is 12.3. The molecule has 7 heteroatoms. The summed E-state index contributed by atoms with van der Waals surface area (Å²) in [6, 6.07) is 6.87. The largest absolute Gasteiger partial charge is 0.497 e. The SMILES string of the molecule is COc1ccc(C(=O)Nc2nc(CC(=O)N3CCCCC3)cs2)cc1. The maximum atomic E-state index is 12.3. The van der Waals surface area contributed by atoms with E-state index in [9.17, 15) is 9.59 Å². The van der Waals surface area contributed by atoms with Gasteiger partial charge in [-0.05, 0) is 43.5 Å². The first-order chi connectivity index (χ1) is 12.2. The highest BCUT2D eigenvalue weighted by atomic mass is 32.1. The Morgan fingerprint density at radius 3 is 2.60 bits per heavy atom. The average Bonchev–Trinajstić information content (AvgIpc) is 3.09. The van der Waals surface area contributed by atoms with Gasteiger partial charge in [-0.3, -0.25) is 14.9 Å². The number of piperidine rings is 1. The molecular weight excluding hydrogens is 338 g/mol. The number of hydrogen-bond donors (Lipinski definition) is 1. The molecule has 6 nitrogen and oxygen atoms in total. The highest BCUT2D eigenvalue weighted by Gasteiger charge is 2.18. The van der Waals surface area contributed by atoms with Gasteiger partial charge in [-0.15, -0.1) is 11.3 Å². The smallest absolute Gasteiger partial charge is 0.257 e. The van der Waals surface area contributed by atoms with Crippen LogP contribution in [-0.2, 0) is 11.2 Å². The molecule has 0 bridgehead atoms. The van der Waals surface area contributed by atoms with E-state index in [1.54, 1.807) is 31.4 Å². The van der Waals surface area contributed by atoms with Crippen LogP contribution in [0.2, 0.25) is 0 Å². The van der Waals surface area contributed by atoms with Crippen LogP contribution in [0.4, 0.5) is 5.13 Å². The lowest BCUT2D eigenvalue weighted by Crippen LogP contribution is -2.36. The van der Waals surface area contributed by atoms with E-state index in [-0.39, 0.29) is 18.2 Å². The highest BCUT2D eigenvalue weighted by molar-refractivity contribution is 7.14. The number of carbonyl (C=O) groups excluding carboxylic acids is 2. The quantitative estimate of drug-likeness (QED) is 0.891. The molecule has 0 unspecified atom stereocenters. The molecule has 0 saturated carbocycles. The van der Waals surface area contributed by atoms with Gasteiger partial charge in [0.1, 0.15) is 5.75 Å². The van der Waals surface area contributed by atoms with E-state index in [1.165, 1.54) is 17.8 Å². The van der Waals surface area contributed by atoms with Gasteiger partial charge in [0, 0.05) is 24.0 Å². The fourth-order valence-corrected chi connectivity index (χ4v) is 3.47. The number of nitrogens with zero attached hydrogens (tertiary/aromatic N) is 2. The minimum Gasteiger partial charge on any atom is -0.497 e. The molecule has 1 fully saturated rings. The summed E-state index contributed by atoms with van der Waals surface area (Å²) in [7, 11) is 1.58. The second kappa shape index (κ2) is 8.11. The summed E-state index contributed by atoms with van der Waals surface area (Å²) in [4.78, 5) is 30.8. The minimum atomic E-state index is -0.231. The molecule has 1 aliphatic rings. The van der Waals surface area contributed by atoms with E-state index in [0.717, 1.165) is 25.9 Å². The lowest BCUT2D eigenvalue weighted by atomic mass is 10.1.